The summed E-state index contributed by atoms with van der Waals surface area (Å²) in [6.45, 7) is 1.71. The van der Waals surface area contributed by atoms with Crippen LogP contribution in [0.3, 0.4) is 0 Å². The van der Waals surface area contributed by atoms with Gasteiger partial charge in [0.1, 0.15) is 11.9 Å². The van der Waals surface area contributed by atoms with Gasteiger partial charge in [-0.2, -0.15) is 0 Å². The van der Waals surface area contributed by atoms with Crippen LogP contribution in [0.25, 0.3) is 0 Å². The molecule has 1 aromatic carbocycles. The lowest BCUT2D eigenvalue weighted by molar-refractivity contribution is 0.144. The molecule has 0 radical (unpaired) electrons. The van der Waals surface area contributed by atoms with Gasteiger partial charge in [-0.3, -0.25) is 4.98 Å². The summed E-state index contributed by atoms with van der Waals surface area (Å²) in [7, 11) is 0. The first-order valence-electron chi connectivity index (χ1n) is 7.17. The number of pyridine rings is 1. The maximum absolute atomic E-state index is 13.4. The smallest absolute Gasteiger partial charge is 0.157 e. The fourth-order valence-corrected chi connectivity index (χ4v) is 3.46. The Kier molecular flexibility index (Phi) is 5.27. The van der Waals surface area contributed by atoms with E-state index >= 15 is 0 Å². The van der Waals surface area contributed by atoms with Crippen LogP contribution in [0.15, 0.2) is 30.6 Å². The summed E-state index contributed by atoms with van der Waals surface area (Å²) in [6, 6.07) is 4.18. The first kappa shape index (κ1) is 16.8. The van der Waals surface area contributed by atoms with Crippen LogP contribution in [0.1, 0.15) is 18.1 Å². The zero-order chi connectivity index (χ0) is 16.4. The molecule has 1 saturated heterocycles. The van der Waals surface area contributed by atoms with Crippen molar-refractivity contribution in [2.45, 2.75) is 12.5 Å². The Bertz CT molecular complexity index is 684. The lowest BCUT2D eigenvalue weighted by Gasteiger charge is -2.25. The van der Waals surface area contributed by atoms with Gasteiger partial charge in [-0.05, 0) is 31.2 Å². The number of nitrogens with zero attached hydrogens (tertiary/aromatic N) is 1. The molecule has 0 amide bonds. The predicted molar refractivity (Wildman–Crippen MR) is 90.0 cm³/mol. The van der Waals surface area contributed by atoms with Gasteiger partial charge in [0, 0.05) is 30.4 Å². The van der Waals surface area contributed by atoms with Crippen LogP contribution in [-0.2, 0) is 0 Å². The minimum absolute atomic E-state index is 0.140. The maximum atomic E-state index is 13.4. The van der Waals surface area contributed by atoms with Gasteiger partial charge in [-0.15, -0.1) is 0 Å². The molecule has 3 nitrogen and oxygen atoms in total. The van der Waals surface area contributed by atoms with Gasteiger partial charge in [-0.25, -0.2) is 4.39 Å². The SMILES string of the molecule is Fc1cc(Cl)c(O[C@H](c2cncc(Cl)c2)C2CCNC2)c(Cl)c1. The molecule has 0 bridgehead atoms. The van der Waals surface area contributed by atoms with E-state index in [-0.39, 0.29) is 27.8 Å². The minimum atomic E-state index is -0.504. The quantitative estimate of drug-likeness (QED) is 0.824. The number of hydrogen-bond acceptors (Lipinski definition) is 3. The lowest BCUT2D eigenvalue weighted by Crippen LogP contribution is -2.22. The van der Waals surface area contributed by atoms with E-state index in [2.05, 4.69) is 10.3 Å². The molecule has 0 spiro atoms. The summed E-state index contributed by atoms with van der Waals surface area (Å²) in [5.41, 5.74) is 0.836. The largest absolute Gasteiger partial charge is 0.482 e. The second-order valence-corrected chi connectivity index (χ2v) is 6.68. The predicted octanol–water partition coefficient (Wildman–Crippen LogP) is 4.91. The Morgan fingerprint density at radius 3 is 2.52 bits per heavy atom. The van der Waals surface area contributed by atoms with Crippen molar-refractivity contribution in [2.75, 3.05) is 13.1 Å². The molecule has 7 heteroatoms. The summed E-state index contributed by atoms with van der Waals surface area (Å²) < 4.78 is 19.4. The average molecular weight is 376 g/mol. The van der Waals surface area contributed by atoms with Crippen molar-refractivity contribution in [2.24, 2.45) is 5.92 Å². The highest BCUT2D eigenvalue weighted by molar-refractivity contribution is 6.37. The summed E-state index contributed by atoms with van der Waals surface area (Å²) in [4.78, 5) is 4.12. The van der Waals surface area contributed by atoms with Crippen molar-refractivity contribution in [3.8, 4) is 5.75 Å². The molecule has 122 valence electrons. The summed E-state index contributed by atoms with van der Waals surface area (Å²) in [5.74, 6) is -0.0186. The van der Waals surface area contributed by atoms with Crippen LogP contribution in [0.2, 0.25) is 15.1 Å². The van der Waals surface area contributed by atoms with Crippen LogP contribution >= 0.6 is 34.8 Å². The van der Waals surface area contributed by atoms with E-state index in [1.54, 1.807) is 12.4 Å². The molecule has 2 aromatic rings. The van der Waals surface area contributed by atoms with Gasteiger partial charge >= 0.3 is 0 Å². The van der Waals surface area contributed by atoms with Gasteiger partial charge in [0.2, 0.25) is 0 Å². The molecular formula is C16H14Cl3FN2O. The van der Waals surface area contributed by atoms with E-state index < -0.39 is 5.82 Å². The van der Waals surface area contributed by atoms with E-state index in [0.717, 1.165) is 25.1 Å². The summed E-state index contributed by atoms with van der Waals surface area (Å²) in [6.07, 6.45) is 3.89. The minimum Gasteiger partial charge on any atom is -0.482 e. The average Bonchev–Trinajstić information content (AvgIpc) is 3.00. The monoisotopic (exact) mass is 374 g/mol. The van der Waals surface area contributed by atoms with E-state index in [9.17, 15) is 4.39 Å². The molecule has 1 aliphatic heterocycles. The van der Waals surface area contributed by atoms with Crippen LogP contribution in [0.4, 0.5) is 4.39 Å². The van der Waals surface area contributed by atoms with Crippen molar-refractivity contribution in [1.29, 1.82) is 0 Å². The molecule has 2 heterocycles. The highest BCUT2D eigenvalue weighted by Gasteiger charge is 2.30. The number of ether oxygens (including phenoxy) is 1. The lowest BCUT2D eigenvalue weighted by atomic mass is 9.96. The Morgan fingerprint density at radius 1 is 1.17 bits per heavy atom. The molecule has 1 N–H and O–H groups in total. The first-order chi connectivity index (χ1) is 11.0. The van der Waals surface area contributed by atoms with E-state index in [1.807, 2.05) is 6.07 Å². The summed E-state index contributed by atoms with van der Waals surface area (Å²) in [5, 5.41) is 4.11. The molecule has 1 unspecified atom stereocenters. The molecule has 1 aromatic heterocycles. The standard InChI is InChI=1S/C16H14Cl3FN2O/c17-11-3-10(7-22-8-11)15(9-1-2-21-6-9)23-16-13(18)4-12(20)5-14(16)19/h3-5,7-9,15,21H,1-2,6H2/t9?,15-/m0/s1. The fraction of sp³-hybridized carbons (Fsp3) is 0.312. The number of nitrogens with one attached hydrogen (secondary N) is 1. The number of rotatable bonds is 4. The van der Waals surface area contributed by atoms with Gasteiger partial charge in [0.05, 0.1) is 15.1 Å². The normalized spacial score (nSPS) is 18.9. The Morgan fingerprint density at radius 2 is 1.91 bits per heavy atom. The van der Waals surface area contributed by atoms with Gasteiger partial charge < -0.3 is 10.1 Å². The number of benzene rings is 1. The Labute approximate surface area is 148 Å². The maximum Gasteiger partial charge on any atom is 0.157 e. The highest BCUT2D eigenvalue weighted by Crippen LogP contribution is 2.40. The molecule has 2 atom stereocenters. The first-order valence-corrected chi connectivity index (χ1v) is 8.30. The number of halogens is 4. The summed E-state index contributed by atoms with van der Waals surface area (Å²) >= 11 is 18.2. The van der Waals surface area contributed by atoms with Crippen LogP contribution in [0.5, 0.6) is 5.75 Å². The molecule has 1 fully saturated rings. The van der Waals surface area contributed by atoms with Gasteiger partial charge in [0.25, 0.3) is 0 Å². The second-order valence-electron chi connectivity index (χ2n) is 5.43. The molecule has 23 heavy (non-hydrogen) atoms. The van der Waals surface area contributed by atoms with E-state index in [1.165, 1.54) is 12.1 Å². The zero-order valence-corrected chi connectivity index (χ0v) is 14.3. The number of aromatic nitrogens is 1. The Hall–Kier alpha value is -1.07. The third-order valence-electron chi connectivity index (χ3n) is 3.79. The van der Waals surface area contributed by atoms with Crippen molar-refractivity contribution < 1.29 is 9.13 Å². The third kappa shape index (κ3) is 3.89. The third-order valence-corrected chi connectivity index (χ3v) is 4.56. The van der Waals surface area contributed by atoms with Crippen LogP contribution in [0, 0.1) is 11.7 Å². The molecule has 3 rings (SSSR count). The van der Waals surface area contributed by atoms with Crippen molar-refractivity contribution in [1.82, 2.24) is 10.3 Å². The molecule has 0 aliphatic carbocycles. The van der Waals surface area contributed by atoms with Crippen molar-refractivity contribution in [3.63, 3.8) is 0 Å². The van der Waals surface area contributed by atoms with Crippen LogP contribution in [-0.4, -0.2) is 18.1 Å². The zero-order valence-electron chi connectivity index (χ0n) is 12.0. The highest BCUT2D eigenvalue weighted by atomic mass is 35.5. The number of hydrogen-bond donors (Lipinski definition) is 1. The topological polar surface area (TPSA) is 34.1 Å². The van der Waals surface area contributed by atoms with Gasteiger partial charge in [0.15, 0.2) is 5.75 Å². The van der Waals surface area contributed by atoms with E-state index in [4.69, 9.17) is 39.5 Å². The van der Waals surface area contributed by atoms with E-state index in [0.29, 0.717) is 5.02 Å². The molecule has 1 aliphatic rings. The van der Waals surface area contributed by atoms with Gasteiger partial charge in [-0.1, -0.05) is 34.8 Å². The Balaban J connectivity index is 1.96. The molecular weight excluding hydrogens is 362 g/mol. The van der Waals surface area contributed by atoms with Crippen molar-refractivity contribution in [3.05, 3.63) is 57.0 Å². The van der Waals surface area contributed by atoms with Crippen LogP contribution < -0.4 is 10.1 Å². The molecule has 0 saturated carbocycles. The fourth-order valence-electron chi connectivity index (χ4n) is 2.72. The van der Waals surface area contributed by atoms with Crippen molar-refractivity contribution >= 4 is 34.8 Å². The second kappa shape index (κ2) is 7.22.